The first kappa shape index (κ1) is 23.4. The predicted octanol–water partition coefficient (Wildman–Crippen LogP) is 2.97. The molecule has 0 aliphatic heterocycles. The SMILES string of the molecule is Cc1nn(C[C@H](C)NC(=O)O)c(C)c1S(=O)(=O)c1ccc(NC(=O)C(C)(C)C)cc1. The quantitative estimate of drug-likeness (QED) is 0.638. The number of aryl methyl sites for hydroxylation is 1. The summed E-state index contributed by atoms with van der Waals surface area (Å²) in [7, 11) is -3.84. The number of benzene rings is 1. The fourth-order valence-corrected chi connectivity index (χ4v) is 4.57. The van der Waals surface area contributed by atoms with Crippen LogP contribution in [-0.2, 0) is 21.2 Å². The molecule has 9 nitrogen and oxygen atoms in total. The third-order valence-electron chi connectivity index (χ3n) is 4.50. The molecule has 30 heavy (non-hydrogen) atoms. The van der Waals surface area contributed by atoms with E-state index in [-0.39, 0.29) is 22.2 Å². The number of nitrogens with one attached hydrogen (secondary N) is 2. The van der Waals surface area contributed by atoms with E-state index in [1.807, 2.05) is 0 Å². The zero-order valence-corrected chi connectivity index (χ0v) is 18.8. The average Bonchev–Trinajstić information content (AvgIpc) is 2.87. The van der Waals surface area contributed by atoms with Crippen LogP contribution in [0.4, 0.5) is 10.5 Å². The maximum Gasteiger partial charge on any atom is 0.404 e. The number of anilines is 1. The lowest BCUT2D eigenvalue weighted by Crippen LogP contribution is -2.35. The van der Waals surface area contributed by atoms with Crippen molar-refractivity contribution in [2.24, 2.45) is 5.41 Å². The maximum atomic E-state index is 13.2. The van der Waals surface area contributed by atoms with E-state index in [9.17, 15) is 18.0 Å². The molecule has 0 radical (unpaired) electrons. The van der Waals surface area contributed by atoms with E-state index < -0.39 is 27.4 Å². The molecule has 0 bridgehead atoms. The van der Waals surface area contributed by atoms with Gasteiger partial charge in [0, 0.05) is 17.1 Å². The van der Waals surface area contributed by atoms with Crippen LogP contribution >= 0.6 is 0 Å². The van der Waals surface area contributed by atoms with Gasteiger partial charge in [0.05, 0.1) is 22.8 Å². The molecular formula is C20H28N4O5S. The van der Waals surface area contributed by atoms with Crippen LogP contribution in [0.2, 0.25) is 0 Å². The standard InChI is InChI=1S/C20H28N4O5S/c1-12(21-19(26)27)11-24-14(3)17(13(2)23-24)30(28,29)16-9-7-15(8-10-16)22-18(25)20(4,5)6/h7-10,12,21H,11H2,1-6H3,(H,22,25)(H,26,27)/t12-/m0/s1. The molecule has 3 N–H and O–H groups in total. The number of hydrogen-bond acceptors (Lipinski definition) is 5. The van der Waals surface area contributed by atoms with E-state index in [0.717, 1.165) is 0 Å². The molecule has 1 aromatic heterocycles. The lowest BCUT2D eigenvalue weighted by molar-refractivity contribution is -0.123. The smallest absolute Gasteiger partial charge is 0.404 e. The molecule has 1 heterocycles. The minimum Gasteiger partial charge on any atom is -0.465 e. The molecule has 0 saturated carbocycles. The number of aromatic nitrogens is 2. The Morgan fingerprint density at radius 1 is 1.17 bits per heavy atom. The van der Waals surface area contributed by atoms with Gasteiger partial charge in [-0.05, 0) is 45.0 Å². The fraction of sp³-hybridized carbons (Fsp3) is 0.450. The summed E-state index contributed by atoms with van der Waals surface area (Å²) >= 11 is 0. The fourth-order valence-electron chi connectivity index (χ4n) is 2.92. The predicted molar refractivity (Wildman–Crippen MR) is 112 cm³/mol. The van der Waals surface area contributed by atoms with Gasteiger partial charge in [0.2, 0.25) is 15.7 Å². The highest BCUT2D eigenvalue weighted by atomic mass is 32.2. The number of nitrogens with zero attached hydrogens (tertiary/aromatic N) is 2. The lowest BCUT2D eigenvalue weighted by atomic mass is 9.95. The average molecular weight is 437 g/mol. The summed E-state index contributed by atoms with van der Waals surface area (Å²) in [4.78, 5) is 23.1. The Hall–Kier alpha value is -2.88. The number of sulfone groups is 1. The van der Waals surface area contributed by atoms with Crippen molar-refractivity contribution in [2.75, 3.05) is 5.32 Å². The molecular weight excluding hydrogens is 408 g/mol. The van der Waals surface area contributed by atoms with Gasteiger partial charge in [-0.25, -0.2) is 13.2 Å². The van der Waals surface area contributed by atoms with Gasteiger partial charge in [-0.15, -0.1) is 0 Å². The highest BCUT2D eigenvalue weighted by Crippen LogP contribution is 2.28. The molecule has 10 heteroatoms. The van der Waals surface area contributed by atoms with Crippen LogP contribution in [0.1, 0.15) is 39.1 Å². The summed E-state index contributed by atoms with van der Waals surface area (Å²) in [5.41, 5.74) is 0.698. The Bertz CT molecular complexity index is 1050. The van der Waals surface area contributed by atoms with Crippen molar-refractivity contribution in [3.63, 3.8) is 0 Å². The van der Waals surface area contributed by atoms with Gasteiger partial charge in [0.25, 0.3) is 0 Å². The Morgan fingerprint density at radius 3 is 2.23 bits per heavy atom. The first-order valence-corrected chi connectivity index (χ1v) is 10.9. The lowest BCUT2D eigenvalue weighted by Gasteiger charge is -2.17. The van der Waals surface area contributed by atoms with Gasteiger partial charge in [0.15, 0.2) is 0 Å². The minimum atomic E-state index is -3.84. The number of carbonyl (C=O) groups is 2. The minimum absolute atomic E-state index is 0.0821. The van der Waals surface area contributed by atoms with Crippen LogP contribution in [0.25, 0.3) is 0 Å². The summed E-state index contributed by atoms with van der Waals surface area (Å²) in [6, 6.07) is 5.54. The van der Waals surface area contributed by atoms with Crippen molar-refractivity contribution < 1.29 is 23.1 Å². The molecule has 0 fully saturated rings. The number of carbonyl (C=O) groups excluding carboxylic acids is 1. The molecule has 1 atom stereocenters. The van der Waals surface area contributed by atoms with Crippen molar-refractivity contribution in [2.45, 2.75) is 63.9 Å². The molecule has 0 aliphatic rings. The van der Waals surface area contributed by atoms with E-state index >= 15 is 0 Å². The van der Waals surface area contributed by atoms with Crippen molar-refractivity contribution in [1.82, 2.24) is 15.1 Å². The largest absolute Gasteiger partial charge is 0.465 e. The molecule has 0 aliphatic carbocycles. The first-order chi connectivity index (χ1) is 13.7. The van der Waals surface area contributed by atoms with Crippen molar-refractivity contribution in [1.29, 1.82) is 0 Å². The second-order valence-corrected chi connectivity index (χ2v) is 10.2. The van der Waals surface area contributed by atoms with Crippen LogP contribution in [-0.4, -0.2) is 41.3 Å². The maximum absolute atomic E-state index is 13.2. The summed E-state index contributed by atoms with van der Waals surface area (Å²) in [5, 5.41) is 18.2. The number of amides is 2. The molecule has 1 aromatic carbocycles. The van der Waals surface area contributed by atoms with Gasteiger partial charge in [-0.2, -0.15) is 5.10 Å². The Labute approximate surface area is 176 Å². The van der Waals surface area contributed by atoms with Crippen LogP contribution in [0.15, 0.2) is 34.1 Å². The zero-order chi connectivity index (χ0) is 22.9. The second-order valence-electron chi connectivity index (χ2n) is 8.26. The third kappa shape index (κ3) is 5.18. The van der Waals surface area contributed by atoms with Crippen molar-refractivity contribution in [3.8, 4) is 0 Å². The van der Waals surface area contributed by atoms with Crippen LogP contribution in [0, 0.1) is 19.3 Å². The summed E-state index contributed by atoms with van der Waals surface area (Å²) < 4.78 is 27.9. The van der Waals surface area contributed by atoms with Gasteiger partial charge in [-0.3, -0.25) is 9.48 Å². The molecule has 0 saturated heterocycles. The summed E-state index contributed by atoms with van der Waals surface area (Å²) in [5.74, 6) is -0.171. The number of hydrogen-bond donors (Lipinski definition) is 3. The van der Waals surface area contributed by atoms with Crippen molar-refractivity contribution in [3.05, 3.63) is 35.7 Å². The first-order valence-electron chi connectivity index (χ1n) is 9.43. The highest BCUT2D eigenvalue weighted by Gasteiger charge is 2.27. The van der Waals surface area contributed by atoms with E-state index in [1.165, 1.54) is 16.8 Å². The summed E-state index contributed by atoms with van der Waals surface area (Å²) in [6.07, 6.45) is -1.16. The van der Waals surface area contributed by atoms with Gasteiger partial charge in [0.1, 0.15) is 4.90 Å². The number of carboxylic acid groups (broad SMARTS) is 1. The summed E-state index contributed by atoms with van der Waals surface area (Å²) in [6.45, 7) is 10.5. The van der Waals surface area contributed by atoms with Crippen LogP contribution in [0.3, 0.4) is 0 Å². The molecule has 2 amide bonds. The van der Waals surface area contributed by atoms with E-state index in [2.05, 4.69) is 15.7 Å². The zero-order valence-electron chi connectivity index (χ0n) is 18.0. The Kier molecular flexibility index (Phi) is 6.60. The highest BCUT2D eigenvalue weighted by molar-refractivity contribution is 7.91. The number of rotatable bonds is 6. The van der Waals surface area contributed by atoms with Crippen molar-refractivity contribution >= 4 is 27.5 Å². The van der Waals surface area contributed by atoms with E-state index in [0.29, 0.717) is 17.1 Å². The van der Waals surface area contributed by atoms with Gasteiger partial charge >= 0.3 is 6.09 Å². The molecule has 2 rings (SSSR count). The Balaban J connectivity index is 2.31. The van der Waals surface area contributed by atoms with E-state index in [4.69, 9.17) is 5.11 Å². The third-order valence-corrected chi connectivity index (χ3v) is 6.53. The van der Waals surface area contributed by atoms with Crippen LogP contribution in [0.5, 0.6) is 0 Å². The molecule has 164 valence electrons. The Morgan fingerprint density at radius 2 is 1.73 bits per heavy atom. The topological polar surface area (TPSA) is 130 Å². The van der Waals surface area contributed by atoms with E-state index in [1.54, 1.807) is 53.7 Å². The normalized spacial score (nSPS) is 13.0. The molecule has 2 aromatic rings. The van der Waals surface area contributed by atoms with Gasteiger partial charge in [-0.1, -0.05) is 20.8 Å². The monoisotopic (exact) mass is 436 g/mol. The van der Waals surface area contributed by atoms with Gasteiger partial charge < -0.3 is 15.7 Å². The molecule has 0 spiro atoms. The van der Waals surface area contributed by atoms with Crippen LogP contribution < -0.4 is 10.6 Å². The molecule has 0 unspecified atom stereocenters. The second kappa shape index (κ2) is 8.47.